The Kier molecular flexibility index (Phi) is 4.55. The molecule has 0 aliphatic rings. The first-order valence-corrected chi connectivity index (χ1v) is 6.42. The van der Waals surface area contributed by atoms with Gasteiger partial charge in [-0.1, -0.05) is 42.5 Å². The van der Waals surface area contributed by atoms with Gasteiger partial charge in [-0.25, -0.2) is 0 Å². The lowest BCUT2D eigenvalue weighted by atomic mass is 10.1. The number of benzene rings is 2. The third-order valence-electron chi connectivity index (χ3n) is 3.17. The Morgan fingerprint density at radius 3 is 2.37 bits per heavy atom. The molecular formula is C16H19NO2. The van der Waals surface area contributed by atoms with Crippen LogP contribution in [0.4, 0.5) is 0 Å². The molecule has 0 aromatic heterocycles. The lowest BCUT2D eigenvalue weighted by Gasteiger charge is -2.18. The molecule has 2 unspecified atom stereocenters. The summed E-state index contributed by atoms with van der Waals surface area (Å²) in [6.45, 7) is 2.48. The molecular weight excluding hydrogens is 238 g/mol. The molecule has 0 spiro atoms. The summed E-state index contributed by atoms with van der Waals surface area (Å²) < 4.78 is 0. The van der Waals surface area contributed by atoms with Gasteiger partial charge in [-0.15, -0.1) is 0 Å². The molecule has 0 saturated carbocycles. The van der Waals surface area contributed by atoms with Crippen molar-refractivity contribution in [2.45, 2.75) is 19.1 Å². The van der Waals surface area contributed by atoms with Crippen molar-refractivity contribution in [1.29, 1.82) is 0 Å². The highest BCUT2D eigenvalue weighted by molar-refractivity contribution is 5.29. The van der Waals surface area contributed by atoms with Crippen LogP contribution < -0.4 is 5.32 Å². The van der Waals surface area contributed by atoms with Gasteiger partial charge in [0, 0.05) is 12.6 Å². The SMILES string of the molecule is CC(NCC(O)c1ccccc1)c1cccc(O)c1. The van der Waals surface area contributed by atoms with E-state index in [0.717, 1.165) is 11.1 Å². The van der Waals surface area contributed by atoms with Gasteiger partial charge in [-0.3, -0.25) is 0 Å². The fraction of sp³-hybridized carbons (Fsp3) is 0.250. The highest BCUT2D eigenvalue weighted by Crippen LogP contribution is 2.19. The summed E-state index contributed by atoms with van der Waals surface area (Å²) in [5.41, 5.74) is 1.90. The molecule has 2 aromatic carbocycles. The molecule has 3 nitrogen and oxygen atoms in total. The number of aliphatic hydroxyl groups excluding tert-OH is 1. The van der Waals surface area contributed by atoms with Crippen LogP contribution >= 0.6 is 0 Å². The quantitative estimate of drug-likeness (QED) is 0.772. The Hall–Kier alpha value is -1.84. The normalized spacial score (nSPS) is 14.0. The predicted molar refractivity (Wildman–Crippen MR) is 75.9 cm³/mol. The predicted octanol–water partition coefficient (Wildman–Crippen LogP) is 2.78. The summed E-state index contributed by atoms with van der Waals surface area (Å²) in [5.74, 6) is 0.259. The first kappa shape index (κ1) is 13.6. The molecule has 100 valence electrons. The molecule has 0 aliphatic heterocycles. The summed E-state index contributed by atoms with van der Waals surface area (Å²) in [4.78, 5) is 0. The van der Waals surface area contributed by atoms with E-state index in [2.05, 4.69) is 5.32 Å². The molecule has 2 rings (SSSR count). The number of phenolic OH excluding ortho intramolecular Hbond substituents is 1. The number of phenols is 1. The van der Waals surface area contributed by atoms with Crippen molar-refractivity contribution in [1.82, 2.24) is 5.32 Å². The van der Waals surface area contributed by atoms with E-state index >= 15 is 0 Å². The van der Waals surface area contributed by atoms with E-state index in [1.165, 1.54) is 0 Å². The van der Waals surface area contributed by atoms with E-state index in [9.17, 15) is 10.2 Å². The third kappa shape index (κ3) is 3.81. The maximum absolute atomic E-state index is 10.1. The second kappa shape index (κ2) is 6.36. The first-order valence-electron chi connectivity index (χ1n) is 6.42. The van der Waals surface area contributed by atoms with E-state index in [4.69, 9.17) is 0 Å². The van der Waals surface area contributed by atoms with Crippen molar-refractivity contribution in [3.8, 4) is 5.75 Å². The van der Waals surface area contributed by atoms with Crippen LogP contribution in [0.15, 0.2) is 54.6 Å². The fourth-order valence-corrected chi connectivity index (χ4v) is 1.99. The summed E-state index contributed by atoms with van der Waals surface area (Å²) >= 11 is 0. The van der Waals surface area contributed by atoms with Gasteiger partial charge in [0.15, 0.2) is 0 Å². The second-order valence-corrected chi connectivity index (χ2v) is 4.65. The summed E-state index contributed by atoms with van der Waals surface area (Å²) in [6, 6.07) is 16.8. The molecule has 3 N–H and O–H groups in total. The van der Waals surface area contributed by atoms with Gasteiger partial charge in [0.2, 0.25) is 0 Å². The molecule has 2 aromatic rings. The van der Waals surface area contributed by atoms with Crippen LogP contribution in [0.5, 0.6) is 5.75 Å². The minimum absolute atomic E-state index is 0.0745. The Morgan fingerprint density at radius 1 is 1.00 bits per heavy atom. The average molecular weight is 257 g/mol. The molecule has 0 radical (unpaired) electrons. The van der Waals surface area contributed by atoms with Gasteiger partial charge < -0.3 is 15.5 Å². The number of nitrogens with one attached hydrogen (secondary N) is 1. The lowest BCUT2D eigenvalue weighted by Crippen LogP contribution is -2.24. The topological polar surface area (TPSA) is 52.5 Å². The number of rotatable bonds is 5. The first-order chi connectivity index (χ1) is 9.16. The lowest BCUT2D eigenvalue weighted by molar-refractivity contribution is 0.171. The zero-order valence-electron chi connectivity index (χ0n) is 11.0. The molecule has 19 heavy (non-hydrogen) atoms. The van der Waals surface area contributed by atoms with Crippen LogP contribution in [0.3, 0.4) is 0 Å². The monoisotopic (exact) mass is 257 g/mol. The van der Waals surface area contributed by atoms with E-state index in [0.29, 0.717) is 6.54 Å². The van der Waals surface area contributed by atoms with Crippen LogP contribution in [0.25, 0.3) is 0 Å². The van der Waals surface area contributed by atoms with Crippen LogP contribution in [0.2, 0.25) is 0 Å². The molecule has 3 heteroatoms. The van der Waals surface area contributed by atoms with E-state index in [1.807, 2.05) is 49.4 Å². The Labute approximate surface area is 113 Å². The molecule has 0 saturated heterocycles. The van der Waals surface area contributed by atoms with E-state index < -0.39 is 6.10 Å². The van der Waals surface area contributed by atoms with Crippen molar-refractivity contribution >= 4 is 0 Å². The largest absolute Gasteiger partial charge is 0.508 e. The van der Waals surface area contributed by atoms with Gasteiger partial charge in [0.25, 0.3) is 0 Å². The number of aromatic hydroxyl groups is 1. The van der Waals surface area contributed by atoms with Gasteiger partial charge in [-0.2, -0.15) is 0 Å². The second-order valence-electron chi connectivity index (χ2n) is 4.65. The maximum Gasteiger partial charge on any atom is 0.115 e. The zero-order chi connectivity index (χ0) is 13.7. The maximum atomic E-state index is 10.1. The van der Waals surface area contributed by atoms with Crippen LogP contribution in [-0.2, 0) is 0 Å². The van der Waals surface area contributed by atoms with Gasteiger partial charge in [-0.05, 0) is 30.2 Å². The van der Waals surface area contributed by atoms with Crippen LogP contribution in [0, 0.1) is 0 Å². The smallest absolute Gasteiger partial charge is 0.115 e. The summed E-state index contributed by atoms with van der Waals surface area (Å²) in [7, 11) is 0. The van der Waals surface area contributed by atoms with Crippen LogP contribution in [0.1, 0.15) is 30.2 Å². The minimum Gasteiger partial charge on any atom is -0.508 e. The number of aliphatic hydroxyl groups is 1. The Balaban J connectivity index is 1.92. The summed E-state index contributed by atoms with van der Waals surface area (Å²) in [6.07, 6.45) is -0.527. The molecule has 0 fully saturated rings. The standard InChI is InChI=1S/C16H19NO2/c1-12(14-8-5-9-15(18)10-14)17-11-16(19)13-6-3-2-4-7-13/h2-10,12,16-19H,11H2,1H3. The molecule has 0 bridgehead atoms. The number of hydrogen-bond acceptors (Lipinski definition) is 3. The van der Waals surface area contributed by atoms with Crippen molar-refractivity contribution in [2.24, 2.45) is 0 Å². The van der Waals surface area contributed by atoms with E-state index in [-0.39, 0.29) is 11.8 Å². The van der Waals surface area contributed by atoms with Crippen molar-refractivity contribution < 1.29 is 10.2 Å². The van der Waals surface area contributed by atoms with Crippen molar-refractivity contribution in [2.75, 3.05) is 6.54 Å². The molecule has 0 aliphatic carbocycles. The molecule has 0 amide bonds. The third-order valence-corrected chi connectivity index (χ3v) is 3.17. The molecule has 0 heterocycles. The van der Waals surface area contributed by atoms with Crippen molar-refractivity contribution in [3.05, 3.63) is 65.7 Å². The zero-order valence-corrected chi connectivity index (χ0v) is 11.0. The van der Waals surface area contributed by atoms with E-state index in [1.54, 1.807) is 12.1 Å². The van der Waals surface area contributed by atoms with Crippen LogP contribution in [-0.4, -0.2) is 16.8 Å². The van der Waals surface area contributed by atoms with Gasteiger partial charge >= 0.3 is 0 Å². The highest BCUT2D eigenvalue weighted by atomic mass is 16.3. The number of hydrogen-bond donors (Lipinski definition) is 3. The average Bonchev–Trinajstić information content (AvgIpc) is 2.45. The Morgan fingerprint density at radius 2 is 1.68 bits per heavy atom. The fourth-order valence-electron chi connectivity index (χ4n) is 1.99. The van der Waals surface area contributed by atoms with Gasteiger partial charge in [0.1, 0.15) is 5.75 Å². The van der Waals surface area contributed by atoms with Gasteiger partial charge in [0.05, 0.1) is 6.10 Å². The van der Waals surface area contributed by atoms with Crippen molar-refractivity contribution in [3.63, 3.8) is 0 Å². The highest BCUT2D eigenvalue weighted by Gasteiger charge is 2.10. The molecule has 2 atom stereocenters. The minimum atomic E-state index is -0.527. The summed E-state index contributed by atoms with van der Waals surface area (Å²) in [5, 5.41) is 22.8. The Bertz CT molecular complexity index is 513.